The Morgan fingerprint density at radius 1 is 1.38 bits per heavy atom. The molecular weight excluding hydrogens is 186 g/mol. The summed E-state index contributed by atoms with van der Waals surface area (Å²) in [5, 5.41) is 3.39. The predicted molar refractivity (Wildman–Crippen MR) is 54.6 cm³/mol. The molecule has 0 aliphatic carbocycles. The second-order valence-electron chi connectivity index (χ2n) is 3.78. The van der Waals surface area contributed by atoms with E-state index in [1.165, 1.54) is 0 Å². The van der Waals surface area contributed by atoms with Crippen LogP contribution in [0.25, 0.3) is 0 Å². The molecule has 0 saturated carbocycles. The molecule has 1 N–H and O–H groups in total. The molecule has 3 nitrogen and oxygen atoms in total. The molecule has 4 heteroatoms. The molecule has 0 aromatic carbocycles. The van der Waals surface area contributed by atoms with E-state index < -0.39 is 9.84 Å². The van der Waals surface area contributed by atoms with Gasteiger partial charge in [-0.1, -0.05) is 13.8 Å². The molecule has 1 heterocycles. The van der Waals surface area contributed by atoms with E-state index in [0.29, 0.717) is 17.5 Å². The zero-order chi connectivity index (χ0) is 9.90. The van der Waals surface area contributed by atoms with E-state index in [0.717, 1.165) is 19.3 Å². The number of hydrogen-bond donors (Lipinski definition) is 1. The first kappa shape index (κ1) is 11.0. The van der Waals surface area contributed by atoms with Crippen molar-refractivity contribution in [3.8, 4) is 0 Å². The lowest BCUT2D eigenvalue weighted by Gasteiger charge is -2.19. The maximum atomic E-state index is 11.2. The SMILES string of the molecule is CCC(CC)N[C@@H]1CCS(=O)(=O)C1. The molecule has 1 atom stereocenters. The quantitative estimate of drug-likeness (QED) is 0.743. The van der Waals surface area contributed by atoms with Gasteiger partial charge in [0.15, 0.2) is 9.84 Å². The van der Waals surface area contributed by atoms with Crippen LogP contribution in [0.15, 0.2) is 0 Å². The molecule has 0 unspecified atom stereocenters. The molecule has 0 bridgehead atoms. The fourth-order valence-electron chi connectivity index (χ4n) is 1.78. The summed E-state index contributed by atoms with van der Waals surface area (Å²) in [5.41, 5.74) is 0. The molecule has 1 aliphatic rings. The number of rotatable bonds is 4. The second kappa shape index (κ2) is 4.42. The van der Waals surface area contributed by atoms with Crippen molar-refractivity contribution in [3.63, 3.8) is 0 Å². The van der Waals surface area contributed by atoms with Crippen molar-refractivity contribution in [2.45, 2.75) is 45.2 Å². The minimum atomic E-state index is -2.72. The fourth-order valence-corrected chi connectivity index (χ4v) is 3.47. The summed E-state index contributed by atoms with van der Waals surface area (Å²) < 4.78 is 22.3. The maximum Gasteiger partial charge on any atom is 0.151 e. The zero-order valence-corrected chi connectivity index (χ0v) is 9.23. The summed E-state index contributed by atoms with van der Waals surface area (Å²) >= 11 is 0. The first-order chi connectivity index (χ1) is 6.07. The van der Waals surface area contributed by atoms with Crippen LogP contribution in [-0.4, -0.2) is 32.0 Å². The summed E-state index contributed by atoms with van der Waals surface area (Å²) in [6.45, 7) is 4.26. The van der Waals surface area contributed by atoms with Crippen LogP contribution in [0.5, 0.6) is 0 Å². The Kier molecular flexibility index (Phi) is 3.74. The Morgan fingerprint density at radius 3 is 2.38 bits per heavy atom. The van der Waals surface area contributed by atoms with Crippen molar-refractivity contribution < 1.29 is 8.42 Å². The van der Waals surface area contributed by atoms with Crippen LogP contribution < -0.4 is 5.32 Å². The molecule has 13 heavy (non-hydrogen) atoms. The van der Waals surface area contributed by atoms with Gasteiger partial charge in [-0.05, 0) is 19.3 Å². The number of nitrogens with one attached hydrogen (secondary N) is 1. The van der Waals surface area contributed by atoms with E-state index in [-0.39, 0.29) is 6.04 Å². The van der Waals surface area contributed by atoms with Crippen LogP contribution >= 0.6 is 0 Å². The third kappa shape index (κ3) is 3.27. The number of sulfone groups is 1. The van der Waals surface area contributed by atoms with E-state index >= 15 is 0 Å². The summed E-state index contributed by atoms with van der Waals surface area (Å²) in [5.74, 6) is 0.703. The van der Waals surface area contributed by atoms with Crippen LogP contribution in [0.2, 0.25) is 0 Å². The Morgan fingerprint density at radius 2 is 2.00 bits per heavy atom. The molecule has 1 saturated heterocycles. The van der Waals surface area contributed by atoms with Gasteiger partial charge < -0.3 is 5.32 Å². The topological polar surface area (TPSA) is 46.2 Å². The largest absolute Gasteiger partial charge is 0.310 e. The summed E-state index contributed by atoms with van der Waals surface area (Å²) in [7, 11) is -2.72. The highest BCUT2D eigenvalue weighted by Crippen LogP contribution is 2.13. The van der Waals surface area contributed by atoms with Crippen LogP contribution in [-0.2, 0) is 9.84 Å². The molecule has 1 aliphatic heterocycles. The van der Waals surface area contributed by atoms with Crippen LogP contribution in [0.4, 0.5) is 0 Å². The first-order valence-corrected chi connectivity index (χ1v) is 6.86. The zero-order valence-electron chi connectivity index (χ0n) is 8.41. The van der Waals surface area contributed by atoms with Gasteiger partial charge in [0, 0.05) is 12.1 Å². The molecule has 0 spiro atoms. The van der Waals surface area contributed by atoms with Gasteiger partial charge in [0.2, 0.25) is 0 Å². The van der Waals surface area contributed by atoms with Gasteiger partial charge in [-0.2, -0.15) is 0 Å². The molecule has 1 rings (SSSR count). The van der Waals surface area contributed by atoms with Gasteiger partial charge >= 0.3 is 0 Å². The lowest BCUT2D eigenvalue weighted by atomic mass is 10.1. The van der Waals surface area contributed by atoms with Crippen LogP contribution in [0.3, 0.4) is 0 Å². The van der Waals surface area contributed by atoms with Gasteiger partial charge in [0.25, 0.3) is 0 Å². The Hall–Kier alpha value is -0.0900. The average Bonchev–Trinajstić information content (AvgIpc) is 2.41. The fraction of sp³-hybridized carbons (Fsp3) is 1.00. The third-order valence-corrected chi connectivity index (χ3v) is 4.46. The van der Waals surface area contributed by atoms with Gasteiger partial charge in [0.05, 0.1) is 11.5 Å². The summed E-state index contributed by atoms with van der Waals surface area (Å²) in [6.07, 6.45) is 2.94. The first-order valence-electron chi connectivity index (χ1n) is 5.04. The Bertz CT molecular complexity index is 244. The smallest absolute Gasteiger partial charge is 0.151 e. The minimum absolute atomic E-state index is 0.204. The van der Waals surface area contributed by atoms with Crippen molar-refractivity contribution in [1.82, 2.24) is 5.32 Å². The Balaban J connectivity index is 2.39. The van der Waals surface area contributed by atoms with Gasteiger partial charge in [-0.3, -0.25) is 0 Å². The molecule has 0 aromatic rings. The summed E-state index contributed by atoms with van der Waals surface area (Å²) in [6, 6.07) is 0.688. The van der Waals surface area contributed by atoms with E-state index in [2.05, 4.69) is 19.2 Å². The predicted octanol–water partition coefficient (Wildman–Crippen LogP) is 0.952. The highest BCUT2D eigenvalue weighted by molar-refractivity contribution is 7.91. The van der Waals surface area contributed by atoms with Crippen LogP contribution in [0, 0.1) is 0 Å². The molecule has 0 radical (unpaired) electrons. The highest BCUT2D eigenvalue weighted by Gasteiger charge is 2.28. The van der Waals surface area contributed by atoms with Gasteiger partial charge in [0.1, 0.15) is 0 Å². The second-order valence-corrected chi connectivity index (χ2v) is 6.01. The van der Waals surface area contributed by atoms with Crippen molar-refractivity contribution in [1.29, 1.82) is 0 Å². The molecular formula is C9H19NO2S. The third-order valence-electron chi connectivity index (χ3n) is 2.69. The van der Waals surface area contributed by atoms with E-state index in [1.807, 2.05) is 0 Å². The molecule has 0 aromatic heterocycles. The number of hydrogen-bond acceptors (Lipinski definition) is 3. The van der Waals surface area contributed by atoms with Gasteiger partial charge in [-0.15, -0.1) is 0 Å². The average molecular weight is 205 g/mol. The minimum Gasteiger partial charge on any atom is -0.310 e. The van der Waals surface area contributed by atoms with E-state index in [4.69, 9.17) is 0 Å². The van der Waals surface area contributed by atoms with E-state index in [9.17, 15) is 8.42 Å². The van der Waals surface area contributed by atoms with Crippen molar-refractivity contribution in [3.05, 3.63) is 0 Å². The van der Waals surface area contributed by atoms with Crippen molar-refractivity contribution >= 4 is 9.84 Å². The summed E-state index contributed by atoms with van der Waals surface area (Å²) in [4.78, 5) is 0. The molecule has 78 valence electrons. The van der Waals surface area contributed by atoms with Crippen LogP contribution in [0.1, 0.15) is 33.1 Å². The standard InChI is InChI=1S/C9H19NO2S/c1-3-8(4-2)10-9-5-6-13(11,12)7-9/h8-10H,3-7H2,1-2H3/t9-/m1/s1. The molecule has 0 amide bonds. The van der Waals surface area contributed by atoms with Crippen molar-refractivity contribution in [2.75, 3.05) is 11.5 Å². The lowest BCUT2D eigenvalue weighted by Crippen LogP contribution is -2.38. The molecule has 1 fully saturated rings. The van der Waals surface area contributed by atoms with Crippen molar-refractivity contribution in [2.24, 2.45) is 0 Å². The normalized spacial score (nSPS) is 26.8. The highest BCUT2D eigenvalue weighted by atomic mass is 32.2. The van der Waals surface area contributed by atoms with E-state index in [1.54, 1.807) is 0 Å². The monoisotopic (exact) mass is 205 g/mol. The maximum absolute atomic E-state index is 11.2. The van der Waals surface area contributed by atoms with Gasteiger partial charge in [-0.25, -0.2) is 8.42 Å². The lowest BCUT2D eigenvalue weighted by molar-refractivity contribution is 0.428. The Labute approximate surface area is 80.8 Å².